The van der Waals surface area contributed by atoms with E-state index in [1.165, 1.54) is 11.1 Å². The van der Waals surface area contributed by atoms with Gasteiger partial charge >= 0.3 is 7.69 Å². The standard InChI is InChI=1S/C55H52BFN2O2/c1-54(2,3)43-26-18-39(19-27-43)48-35-50(41-20-28-44(29-21-41)55(4,5)6)59(56-57)53(48)51(42-16-14-37(15-17-42)36-12-10-9-11-13-36)52-47(38-22-30-45(60-7)31-23-38)34-49(58-52)40-24-32-46(61-8)33-25-40/h9-35,56H,1-8H3/b52-51-. The van der Waals surface area contributed by atoms with Crippen LogP contribution < -0.4 is 9.47 Å². The average molecular weight is 803 g/mol. The Kier molecular flexibility index (Phi) is 11.3. The highest BCUT2D eigenvalue weighted by Gasteiger charge is 2.30. The normalized spacial score (nSPS) is 13.7. The van der Waals surface area contributed by atoms with Crippen LogP contribution in [0.15, 0.2) is 174 Å². The van der Waals surface area contributed by atoms with Crippen LogP contribution in [-0.2, 0) is 10.8 Å². The summed E-state index contributed by atoms with van der Waals surface area (Å²) >= 11 is 0. The van der Waals surface area contributed by atoms with Gasteiger partial charge in [0.15, 0.2) is 0 Å². The molecule has 0 aliphatic carbocycles. The molecule has 0 N–H and O–H groups in total. The quantitative estimate of drug-likeness (QED) is 0.129. The van der Waals surface area contributed by atoms with E-state index in [1.54, 1.807) is 14.2 Å². The number of hydrogen-bond acceptors (Lipinski definition) is 3. The molecule has 4 nitrogen and oxygen atoms in total. The Morgan fingerprint density at radius 2 is 1.02 bits per heavy atom. The van der Waals surface area contributed by atoms with Crippen molar-refractivity contribution in [2.45, 2.75) is 52.4 Å². The predicted octanol–water partition coefficient (Wildman–Crippen LogP) is 13.5. The number of methoxy groups -OCH3 is 2. The van der Waals surface area contributed by atoms with Gasteiger partial charge < -0.3 is 18.3 Å². The van der Waals surface area contributed by atoms with Crippen LogP contribution in [0.2, 0.25) is 0 Å². The molecule has 0 atom stereocenters. The van der Waals surface area contributed by atoms with Gasteiger partial charge in [0, 0.05) is 33.7 Å². The van der Waals surface area contributed by atoms with E-state index in [1.807, 2.05) is 46.9 Å². The van der Waals surface area contributed by atoms with Gasteiger partial charge in [-0.05, 0) is 104 Å². The minimum Gasteiger partial charge on any atom is -0.497 e. The van der Waals surface area contributed by atoms with Crippen molar-refractivity contribution < 1.29 is 13.8 Å². The minimum atomic E-state index is -0.749. The second-order valence-corrected chi connectivity index (χ2v) is 17.7. The SMILES string of the molecule is COc1ccc(C2=CC(c3ccc(OC)cc3)=N/C2=C(/c2ccc(-c3ccccc3)cc2)c2c(-c3ccc(C(C)(C)C)cc3)cc(-c3ccc(C(C)(C)C)cc3)n2BF)cc1. The summed E-state index contributed by atoms with van der Waals surface area (Å²) < 4.78 is 29.3. The number of aliphatic imine (C=N–C) groups is 1. The molecule has 1 aromatic heterocycles. The molecule has 0 bridgehead atoms. The van der Waals surface area contributed by atoms with E-state index in [9.17, 15) is 0 Å². The van der Waals surface area contributed by atoms with E-state index < -0.39 is 7.69 Å². The van der Waals surface area contributed by atoms with Crippen molar-refractivity contribution in [3.63, 3.8) is 0 Å². The van der Waals surface area contributed by atoms with E-state index in [-0.39, 0.29) is 10.8 Å². The van der Waals surface area contributed by atoms with Gasteiger partial charge in [0.1, 0.15) is 11.5 Å². The van der Waals surface area contributed by atoms with Crippen molar-refractivity contribution in [2.24, 2.45) is 4.99 Å². The third-order valence-corrected chi connectivity index (χ3v) is 11.6. The lowest BCUT2D eigenvalue weighted by atomic mass is 9.85. The summed E-state index contributed by atoms with van der Waals surface area (Å²) in [7, 11) is 2.59. The summed E-state index contributed by atoms with van der Waals surface area (Å²) in [5.41, 5.74) is 15.1. The number of hydrogen-bond donors (Lipinski definition) is 0. The van der Waals surface area contributed by atoms with Crippen LogP contribution in [0, 0.1) is 0 Å². The maximum Gasteiger partial charge on any atom is 0.449 e. The van der Waals surface area contributed by atoms with E-state index in [0.29, 0.717) is 0 Å². The topological polar surface area (TPSA) is 35.8 Å². The Morgan fingerprint density at radius 3 is 1.52 bits per heavy atom. The lowest BCUT2D eigenvalue weighted by molar-refractivity contribution is 0.414. The Hall–Kier alpha value is -6.66. The van der Waals surface area contributed by atoms with Crippen LogP contribution in [0.25, 0.3) is 44.7 Å². The molecule has 0 spiro atoms. The number of ether oxygens (including phenoxy) is 2. The van der Waals surface area contributed by atoms with Crippen molar-refractivity contribution in [2.75, 3.05) is 14.2 Å². The highest BCUT2D eigenvalue weighted by Crippen LogP contribution is 2.46. The second kappa shape index (κ2) is 16.8. The highest BCUT2D eigenvalue weighted by molar-refractivity contribution is 6.28. The first kappa shape index (κ1) is 41.1. The van der Waals surface area contributed by atoms with Crippen molar-refractivity contribution in [3.05, 3.63) is 203 Å². The summed E-state index contributed by atoms with van der Waals surface area (Å²) in [6.07, 6.45) is 2.14. The Balaban J connectivity index is 1.46. The van der Waals surface area contributed by atoms with E-state index >= 15 is 4.32 Å². The first-order valence-corrected chi connectivity index (χ1v) is 20.9. The molecule has 0 saturated carbocycles. The first-order valence-electron chi connectivity index (χ1n) is 20.9. The van der Waals surface area contributed by atoms with Gasteiger partial charge in [-0.3, -0.25) is 0 Å². The maximum absolute atomic E-state index is 16.4. The average Bonchev–Trinajstić information content (AvgIpc) is 3.89. The van der Waals surface area contributed by atoms with Gasteiger partial charge in [0.25, 0.3) is 0 Å². The van der Waals surface area contributed by atoms with Crippen LogP contribution >= 0.6 is 0 Å². The molecule has 0 unspecified atom stereocenters. The van der Waals surface area contributed by atoms with Gasteiger partial charge in [-0.2, -0.15) is 0 Å². The van der Waals surface area contributed by atoms with Crippen LogP contribution in [-0.4, -0.2) is 32.1 Å². The fraction of sp³-hybridized carbons (Fsp3) is 0.182. The zero-order valence-corrected chi connectivity index (χ0v) is 36.4. The van der Waals surface area contributed by atoms with Gasteiger partial charge in [-0.15, -0.1) is 0 Å². The molecule has 6 aromatic carbocycles. The van der Waals surface area contributed by atoms with Crippen molar-refractivity contribution >= 4 is 24.5 Å². The van der Waals surface area contributed by atoms with Gasteiger partial charge in [0.05, 0.1) is 25.6 Å². The van der Waals surface area contributed by atoms with Crippen LogP contribution in [0.4, 0.5) is 4.32 Å². The van der Waals surface area contributed by atoms with Gasteiger partial charge in [0.2, 0.25) is 0 Å². The number of rotatable bonds is 10. The summed E-state index contributed by atoms with van der Waals surface area (Å²) in [6, 6.07) is 54.5. The lowest BCUT2D eigenvalue weighted by Crippen LogP contribution is -2.12. The summed E-state index contributed by atoms with van der Waals surface area (Å²) in [6.45, 7) is 13.3. The minimum absolute atomic E-state index is 0.0263. The monoisotopic (exact) mass is 802 g/mol. The molecule has 304 valence electrons. The van der Waals surface area contributed by atoms with E-state index in [4.69, 9.17) is 14.5 Å². The number of aromatic nitrogens is 1. The second-order valence-electron chi connectivity index (χ2n) is 17.7. The molecule has 61 heavy (non-hydrogen) atoms. The number of nitrogens with zero attached hydrogens (tertiary/aromatic N) is 2. The van der Waals surface area contributed by atoms with Gasteiger partial charge in [-0.25, -0.2) is 4.99 Å². The van der Waals surface area contributed by atoms with Crippen molar-refractivity contribution in [1.29, 1.82) is 0 Å². The molecule has 0 radical (unpaired) electrons. The summed E-state index contributed by atoms with van der Waals surface area (Å²) in [5.74, 6) is 1.53. The largest absolute Gasteiger partial charge is 0.497 e. The smallest absolute Gasteiger partial charge is 0.449 e. The third kappa shape index (κ3) is 8.41. The van der Waals surface area contributed by atoms with E-state index in [2.05, 4.69) is 163 Å². The predicted molar refractivity (Wildman–Crippen MR) is 255 cm³/mol. The molecule has 7 aromatic rings. The number of benzene rings is 6. The Bertz CT molecular complexity index is 2750. The summed E-state index contributed by atoms with van der Waals surface area (Å²) in [4.78, 5) is 5.52. The fourth-order valence-corrected chi connectivity index (χ4v) is 8.05. The van der Waals surface area contributed by atoms with Gasteiger partial charge in [-0.1, -0.05) is 157 Å². The summed E-state index contributed by atoms with van der Waals surface area (Å²) in [5, 5.41) is 0. The molecular weight excluding hydrogens is 750 g/mol. The molecule has 8 rings (SSSR count). The number of halogens is 1. The molecule has 0 saturated heterocycles. The first-order chi connectivity index (χ1) is 29.4. The fourth-order valence-electron chi connectivity index (χ4n) is 8.05. The van der Waals surface area contributed by atoms with Crippen molar-refractivity contribution in [1.82, 2.24) is 4.48 Å². The molecule has 0 fully saturated rings. The molecule has 1 aliphatic heterocycles. The molecule has 6 heteroatoms. The Morgan fingerprint density at radius 1 is 0.541 bits per heavy atom. The molecule has 1 aliphatic rings. The van der Waals surface area contributed by atoms with Crippen LogP contribution in [0.5, 0.6) is 11.5 Å². The maximum atomic E-state index is 16.4. The number of allylic oxidation sites excluding steroid dienone is 2. The highest BCUT2D eigenvalue weighted by atomic mass is 19.1. The van der Waals surface area contributed by atoms with E-state index in [0.717, 1.165) is 89.9 Å². The van der Waals surface area contributed by atoms with Crippen LogP contribution in [0.3, 0.4) is 0 Å². The third-order valence-electron chi connectivity index (χ3n) is 11.6. The molecule has 2 heterocycles. The zero-order valence-electron chi connectivity index (χ0n) is 36.4. The molecular formula is C55H52BFN2O2. The van der Waals surface area contributed by atoms with Crippen molar-refractivity contribution in [3.8, 4) is 45.0 Å². The Labute approximate surface area is 361 Å². The molecule has 0 amide bonds. The van der Waals surface area contributed by atoms with Crippen LogP contribution in [0.1, 0.15) is 75.1 Å². The lowest BCUT2D eigenvalue weighted by Gasteiger charge is -2.21. The zero-order chi connectivity index (χ0) is 42.9.